The Kier molecular flexibility index (Phi) is 3.64. The molecule has 0 spiro atoms. The number of nitrogens with two attached hydrogens (primary N) is 1. The summed E-state index contributed by atoms with van der Waals surface area (Å²) >= 11 is 0. The minimum atomic E-state index is -0.388. The molecule has 0 atom stereocenters. The van der Waals surface area contributed by atoms with Gasteiger partial charge in [0.05, 0.1) is 24.1 Å². The van der Waals surface area contributed by atoms with Crippen molar-refractivity contribution in [2.75, 3.05) is 23.8 Å². The Hall–Kier alpha value is -1.78. The summed E-state index contributed by atoms with van der Waals surface area (Å²) in [5, 5.41) is 0. The summed E-state index contributed by atoms with van der Waals surface area (Å²) in [6.45, 7) is 7.43. The molecule has 0 aliphatic carbocycles. The van der Waals surface area contributed by atoms with Crippen LogP contribution in [0.2, 0.25) is 0 Å². The number of hydrogen-bond acceptors (Lipinski definition) is 5. The van der Waals surface area contributed by atoms with E-state index in [1.165, 1.54) is 6.20 Å². The smallest absolute Gasteiger partial charge is 0.340 e. The van der Waals surface area contributed by atoms with Gasteiger partial charge in [-0.05, 0) is 39.7 Å². The second kappa shape index (κ2) is 5.07. The minimum absolute atomic E-state index is 0.0645. The summed E-state index contributed by atoms with van der Waals surface area (Å²) in [4.78, 5) is 18.4. The zero-order chi connectivity index (χ0) is 14.0. The van der Waals surface area contributed by atoms with Crippen LogP contribution in [0.1, 0.15) is 44.0 Å². The number of rotatable bonds is 3. The molecule has 1 saturated heterocycles. The van der Waals surface area contributed by atoms with Crippen LogP contribution >= 0.6 is 0 Å². The third-order valence-electron chi connectivity index (χ3n) is 3.59. The summed E-state index contributed by atoms with van der Waals surface area (Å²) in [7, 11) is 0. The lowest BCUT2D eigenvalue weighted by atomic mass is 10.0. The van der Waals surface area contributed by atoms with Crippen molar-refractivity contribution in [1.82, 2.24) is 4.98 Å². The highest BCUT2D eigenvalue weighted by atomic mass is 16.5. The lowest BCUT2D eigenvalue weighted by molar-refractivity contribution is 0.0527. The average molecular weight is 263 g/mol. The van der Waals surface area contributed by atoms with E-state index in [4.69, 9.17) is 10.5 Å². The molecule has 2 heterocycles. The fourth-order valence-electron chi connectivity index (χ4n) is 2.52. The van der Waals surface area contributed by atoms with Crippen molar-refractivity contribution in [3.8, 4) is 0 Å². The third-order valence-corrected chi connectivity index (χ3v) is 3.59. The molecule has 0 unspecified atom stereocenters. The molecule has 1 aliphatic rings. The van der Waals surface area contributed by atoms with E-state index in [0.717, 1.165) is 25.2 Å². The van der Waals surface area contributed by atoms with E-state index in [0.29, 0.717) is 17.9 Å². The normalized spacial score (nSPS) is 17.5. The summed E-state index contributed by atoms with van der Waals surface area (Å²) in [6, 6.07) is 1.74. The van der Waals surface area contributed by atoms with Crippen LogP contribution in [-0.2, 0) is 4.74 Å². The molecule has 19 heavy (non-hydrogen) atoms. The average Bonchev–Trinajstić information content (AvgIpc) is 2.70. The van der Waals surface area contributed by atoms with E-state index in [2.05, 4.69) is 23.7 Å². The molecule has 0 amide bonds. The first-order valence-electron chi connectivity index (χ1n) is 6.66. The molecule has 0 bridgehead atoms. The lowest BCUT2D eigenvalue weighted by Gasteiger charge is -2.32. The van der Waals surface area contributed by atoms with Crippen LogP contribution in [0.3, 0.4) is 0 Å². The molecular weight excluding hydrogens is 242 g/mol. The number of carbonyl (C=O) groups excluding carboxylic acids is 1. The van der Waals surface area contributed by atoms with Crippen molar-refractivity contribution in [2.45, 2.75) is 39.2 Å². The Morgan fingerprint density at radius 3 is 2.89 bits per heavy atom. The number of carbonyl (C=O) groups is 1. The van der Waals surface area contributed by atoms with Gasteiger partial charge in [-0.2, -0.15) is 0 Å². The van der Waals surface area contributed by atoms with Gasteiger partial charge in [-0.1, -0.05) is 0 Å². The van der Waals surface area contributed by atoms with Crippen LogP contribution in [0.25, 0.3) is 0 Å². The maximum atomic E-state index is 11.8. The topological polar surface area (TPSA) is 68.5 Å². The molecule has 1 aliphatic heterocycles. The maximum absolute atomic E-state index is 11.8. The van der Waals surface area contributed by atoms with Crippen LogP contribution in [0.15, 0.2) is 12.3 Å². The van der Waals surface area contributed by atoms with Crippen LogP contribution in [-0.4, -0.2) is 29.6 Å². The number of esters is 1. The van der Waals surface area contributed by atoms with Gasteiger partial charge in [0.25, 0.3) is 0 Å². The lowest BCUT2D eigenvalue weighted by Crippen LogP contribution is -2.38. The van der Waals surface area contributed by atoms with Gasteiger partial charge in [0.1, 0.15) is 5.82 Å². The van der Waals surface area contributed by atoms with Crippen molar-refractivity contribution in [2.24, 2.45) is 0 Å². The quantitative estimate of drug-likeness (QED) is 0.847. The SMILES string of the molecule is CCOC(=O)c1cc(N2CCCC2(C)C)ncc1N. The van der Waals surface area contributed by atoms with E-state index < -0.39 is 0 Å². The first-order valence-corrected chi connectivity index (χ1v) is 6.66. The second-order valence-corrected chi connectivity index (χ2v) is 5.42. The predicted molar refractivity (Wildman–Crippen MR) is 75.3 cm³/mol. The molecule has 0 aromatic carbocycles. The number of anilines is 2. The Morgan fingerprint density at radius 1 is 1.58 bits per heavy atom. The highest BCUT2D eigenvalue weighted by Gasteiger charge is 2.33. The Morgan fingerprint density at radius 2 is 2.32 bits per heavy atom. The number of nitrogen functional groups attached to an aromatic ring is 1. The largest absolute Gasteiger partial charge is 0.462 e. The van der Waals surface area contributed by atoms with E-state index >= 15 is 0 Å². The van der Waals surface area contributed by atoms with Gasteiger partial charge >= 0.3 is 5.97 Å². The number of ether oxygens (including phenoxy) is 1. The Labute approximate surface area is 113 Å². The Balaban J connectivity index is 2.33. The van der Waals surface area contributed by atoms with E-state index in [1.807, 2.05) is 0 Å². The van der Waals surface area contributed by atoms with Crippen molar-refractivity contribution in [3.63, 3.8) is 0 Å². The number of hydrogen-bond donors (Lipinski definition) is 1. The van der Waals surface area contributed by atoms with Gasteiger partial charge in [-0.3, -0.25) is 0 Å². The Bertz CT molecular complexity index is 486. The van der Waals surface area contributed by atoms with Crippen LogP contribution < -0.4 is 10.6 Å². The molecule has 1 fully saturated rings. The monoisotopic (exact) mass is 263 g/mol. The molecule has 5 heteroatoms. The minimum Gasteiger partial charge on any atom is -0.462 e. The zero-order valence-electron chi connectivity index (χ0n) is 11.8. The molecular formula is C14H21N3O2. The first-order chi connectivity index (χ1) is 8.95. The number of pyridine rings is 1. The molecule has 1 aromatic rings. The van der Waals surface area contributed by atoms with Gasteiger partial charge in [0.15, 0.2) is 0 Å². The molecule has 0 saturated carbocycles. The maximum Gasteiger partial charge on any atom is 0.340 e. The summed E-state index contributed by atoms with van der Waals surface area (Å²) in [6.07, 6.45) is 3.79. The van der Waals surface area contributed by atoms with E-state index in [1.54, 1.807) is 13.0 Å². The first kappa shape index (κ1) is 13.6. The zero-order valence-corrected chi connectivity index (χ0v) is 11.8. The van der Waals surface area contributed by atoms with Gasteiger partial charge in [0, 0.05) is 12.1 Å². The fraction of sp³-hybridized carbons (Fsp3) is 0.571. The van der Waals surface area contributed by atoms with Gasteiger partial charge in [-0.25, -0.2) is 9.78 Å². The van der Waals surface area contributed by atoms with Crippen molar-refractivity contribution >= 4 is 17.5 Å². The molecule has 5 nitrogen and oxygen atoms in total. The van der Waals surface area contributed by atoms with Crippen LogP contribution in [0.4, 0.5) is 11.5 Å². The van der Waals surface area contributed by atoms with Gasteiger partial charge in [0.2, 0.25) is 0 Å². The molecule has 2 N–H and O–H groups in total. The standard InChI is InChI=1S/C14H21N3O2/c1-4-19-13(18)10-8-12(16-9-11(10)15)17-7-5-6-14(17,2)3/h8-9H,4-7,15H2,1-3H3. The van der Waals surface area contributed by atoms with Crippen LogP contribution in [0, 0.1) is 0 Å². The van der Waals surface area contributed by atoms with Crippen molar-refractivity contribution in [3.05, 3.63) is 17.8 Å². The van der Waals surface area contributed by atoms with E-state index in [-0.39, 0.29) is 11.5 Å². The number of nitrogens with zero attached hydrogens (tertiary/aromatic N) is 2. The predicted octanol–water partition coefficient (Wildman–Crippen LogP) is 2.22. The molecule has 2 rings (SSSR count). The van der Waals surface area contributed by atoms with Gasteiger partial charge < -0.3 is 15.4 Å². The highest BCUT2D eigenvalue weighted by molar-refractivity contribution is 5.95. The van der Waals surface area contributed by atoms with Crippen LogP contribution in [0.5, 0.6) is 0 Å². The highest BCUT2D eigenvalue weighted by Crippen LogP contribution is 2.33. The van der Waals surface area contributed by atoms with E-state index in [9.17, 15) is 4.79 Å². The second-order valence-electron chi connectivity index (χ2n) is 5.42. The molecule has 0 radical (unpaired) electrons. The summed E-state index contributed by atoms with van der Waals surface area (Å²) < 4.78 is 5.01. The number of aromatic nitrogens is 1. The van der Waals surface area contributed by atoms with Gasteiger partial charge in [-0.15, -0.1) is 0 Å². The third kappa shape index (κ3) is 2.64. The van der Waals surface area contributed by atoms with Crippen molar-refractivity contribution in [1.29, 1.82) is 0 Å². The molecule has 104 valence electrons. The summed E-state index contributed by atoms with van der Waals surface area (Å²) in [5.41, 5.74) is 6.63. The van der Waals surface area contributed by atoms with Crippen molar-refractivity contribution < 1.29 is 9.53 Å². The molecule has 1 aromatic heterocycles. The summed E-state index contributed by atoms with van der Waals surface area (Å²) in [5.74, 6) is 0.403. The fourth-order valence-corrected chi connectivity index (χ4v) is 2.52.